The van der Waals surface area contributed by atoms with Gasteiger partial charge in [0.15, 0.2) is 0 Å². The molecule has 1 atom stereocenters. The van der Waals surface area contributed by atoms with E-state index in [1.54, 1.807) is 29.2 Å². The lowest BCUT2D eigenvalue weighted by molar-refractivity contribution is -0.130. The Kier molecular flexibility index (Phi) is 4.97. The third-order valence-corrected chi connectivity index (χ3v) is 3.47. The van der Waals surface area contributed by atoms with E-state index >= 15 is 0 Å². The molecule has 0 saturated heterocycles. The number of amides is 1. The highest BCUT2D eigenvalue weighted by molar-refractivity contribution is 6.30. The van der Waals surface area contributed by atoms with E-state index in [1.165, 1.54) is 6.92 Å². The molecule has 21 heavy (non-hydrogen) atoms. The number of carbonyl (C=O) groups excluding carboxylic acids is 1. The van der Waals surface area contributed by atoms with Gasteiger partial charge in [0.1, 0.15) is 6.04 Å². The molecule has 0 aliphatic rings. The smallest absolute Gasteiger partial charge is 0.221 e. The van der Waals surface area contributed by atoms with Crippen molar-refractivity contribution >= 4 is 17.5 Å². The average Bonchev–Trinajstić information content (AvgIpc) is 2.49. The van der Waals surface area contributed by atoms with E-state index in [0.717, 1.165) is 11.1 Å². The topological polar surface area (TPSA) is 44.1 Å². The SMILES string of the molecule is CC(=O)N(Cc1ccccc1)[C@H](C#N)c1ccc(Cl)cc1. The summed E-state index contributed by atoms with van der Waals surface area (Å²) in [5, 5.41) is 10.1. The largest absolute Gasteiger partial charge is 0.318 e. The first-order chi connectivity index (χ1) is 10.1. The fourth-order valence-electron chi connectivity index (χ4n) is 2.13. The summed E-state index contributed by atoms with van der Waals surface area (Å²) in [7, 11) is 0. The molecule has 0 heterocycles. The Hall–Kier alpha value is -2.31. The number of hydrogen-bond donors (Lipinski definition) is 0. The first-order valence-corrected chi connectivity index (χ1v) is 6.96. The van der Waals surface area contributed by atoms with Gasteiger partial charge in [-0.3, -0.25) is 4.79 Å². The highest BCUT2D eigenvalue weighted by Crippen LogP contribution is 2.24. The molecular formula is C17H15ClN2O. The summed E-state index contributed by atoms with van der Waals surface area (Å²) < 4.78 is 0. The molecule has 0 saturated carbocycles. The van der Waals surface area contributed by atoms with Crippen LogP contribution in [0.25, 0.3) is 0 Å². The third-order valence-electron chi connectivity index (χ3n) is 3.22. The van der Waals surface area contributed by atoms with Gasteiger partial charge < -0.3 is 4.90 Å². The number of nitriles is 1. The van der Waals surface area contributed by atoms with E-state index in [1.807, 2.05) is 30.3 Å². The molecule has 0 bridgehead atoms. The maximum absolute atomic E-state index is 11.9. The zero-order valence-corrected chi connectivity index (χ0v) is 12.4. The van der Waals surface area contributed by atoms with Gasteiger partial charge in [-0.15, -0.1) is 0 Å². The Morgan fingerprint density at radius 3 is 2.33 bits per heavy atom. The van der Waals surface area contributed by atoms with Crippen LogP contribution in [0.5, 0.6) is 0 Å². The summed E-state index contributed by atoms with van der Waals surface area (Å²) in [4.78, 5) is 13.5. The molecule has 0 radical (unpaired) electrons. The minimum atomic E-state index is -0.625. The van der Waals surface area contributed by atoms with E-state index in [2.05, 4.69) is 6.07 Å². The first-order valence-electron chi connectivity index (χ1n) is 6.58. The summed E-state index contributed by atoms with van der Waals surface area (Å²) in [6, 6.07) is 18.2. The Bertz CT molecular complexity index is 647. The van der Waals surface area contributed by atoms with Crippen LogP contribution < -0.4 is 0 Å². The van der Waals surface area contributed by atoms with E-state index < -0.39 is 6.04 Å². The molecule has 0 spiro atoms. The second-order valence-corrected chi connectivity index (χ2v) is 5.15. The number of carbonyl (C=O) groups is 1. The van der Waals surface area contributed by atoms with Crippen molar-refractivity contribution in [3.63, 3.8) is 0 Å². The Morgan fingerprint density at radius 2 is 1.81 bits per heavy atom. The van der Waals surface area contributed by atoms with Crippen LogP contribution in [0, 0.1) is 11.3 Å². The van der Waals surface area contributed by atoms with E-state index in [0.29, 0.717) is 11.6 Å². The van der Waals surface area contributed by atoms with Crippen molar-refractivity contribution in [2.24, 2.45) is 0 Å². The molecule has 0 N–H and O–H groups in total. The molecule has 4 heteroatoms. The van der Waals surface area contributed by atoms with Crippen molar-refractivity contribution in [2.45, 2.75) is 19.5 Å². The second-order valence-electron chi connectivity index (χ2n) is 4.72. The van der Waals surface area contributed by atoms with Crippen LogP contribution in [0.3, 0.4) is 0 Å². The third kappa shape index (κ3) is 3.84. The molecule has 3 nitrogen and oxygen atoms in total. The minimum absolute atomic E-state index is 0.139. The van der Waals surface area contributed by atoms with Crippen molar-refractivity contribution in [1.82, 2.24) is 4.90 Å². The van der Waals surface area contributed by atoms with Gasteiger partial charge in [0.25, 0.3) is 0 Å². The van der Waals surface area contributed by atoms with Crippen LogP contribution in [-0.4, -0.2) is 10.8 Å². The number of halogens is 1. The molecule has 2 aromatic rings. The van der Waals surface area contributed by atoms with Crippen molar-refractivity contribution in [3.05, 3.63) is 70.7 Å². The van der Waals surface area contributed by atoms with Crippen LogP contribution in [-0.2, 0) is 11.3 Å². The highest BCUT2D eigenvalue weighted by atomic mass is 35.5. The minimum Gasteiger partial charge on any atom is -0.318 e. The average molecular weight is 299 g/mol. The lowest BCUT2D eigenvalue weighted by Gasteiger charge is -2.26. The van der Waals surface area contributed by atoms with Crippen molar-refractivity contribution in [3.8, 4) is 6.07 Å². The monoisotopic (exact) mass is 298 g/mol. The van der Waals surface area contributed by atoms with Crippen LogP contribution in [0.1, 0.15) is 24.1 Å². The molecule has 0 aliphatic carbocycles. The summed E-state index contributed by atoms with van der Waals surface area (Å²) in [6.07, 6.45) is 0. The fraction of sp³-hybridized carbons (Fsp3) is 0.176. The quantitative estimate of drug-likeness (QED) is 0.857. The molecule has 0 aromatic heterocycles. The zero-order valence-electron chi connectivity index (χ0n) is 11.7. The Morgan fingerprint density at radius 1 is 1.19 bits per heavy atom. The molecule has 2 aromatic carbocycles. The number of benzene rings is 2. The number of hydrogen-bond acceptors (Lipinski definition) is 2. The Labute approximate surface area is 129 Å². The van der Waals surface area contributed by atoms with Gasteiger partial charge in [-0.25, -0.2) is 0 Å². The lowest BCUT2D eigenvalue weighted by atomic mass is 10.1. The van der Waals surface area contributed by atoms with E-state index in [4.69, 9.17) is 11.6 Å². The van der Waals surface area contributed by atoms with E-state index in [-0.39, 0.29) is 5.91 Å². The second kappa shape index (κ2) is 6.92. The highest BCUT2D eigenvalue weighted by Gasteiger charge is 2.22. The van der Waals surface area contributed by atoms with Crippen LogP contribution in [0.15, 0.2) is 54.6 Å². The molecule has 2 rings (SSSR count). The van der Waals surface area contributed by atoms with Crippen molar-refractivity contribution < 1.29 is 4.79 Å². The van der Waals surface area contributed by atoms with E-state index in [9.17, 15) is 10.1 Å². The Balaban J connectivity index is 2.29. The maximum atomic E-state index is 11.9. The van der Waals surface area contributed by atoms with Gasteiger partial charge in [0.05, 0.1) is 6.07 Å². The lowest BCUT2D eigenvalue weighted by Crippen LogP contribution is -2.31. The van der Waals surface area contributed by atoms with Gasteiger partial charge in [-0.05, 0) is 23.3 Å². The molecule has 0 fully saturated rings. The summed E-state index contributed by atoms with van der Waals surface area (Å²) in [5.74, 6) is -0.139. The summed E-state index contributed by atoms with van der Waals surface area (Å²) >= 11 is 5.87. The summed E-state index contributed by atoms with van der Waals surface area (Å²) in [5.41, 5.74) is 1.75. The maximum Gasteiger partial charge on any atom is 0.221 e. The van der Waals surface area contributed by atoms with Gasteiger partial charge in [-0.2, -0.15) is 5.26 Å². The fourth-order valence-corrected chi connectivity index (χ4v) is 2.26. The van der Waals surface area contributed by atoms with Crippen molar-refractivity contribution in [2.75, 3.05) is 0 Å². The molecule has 1 amide bonds. The van der Waals surface area contributed by atoms with Gasteiger partial charge >= 0.3 is 0 Å². The molecule has 106 valence electrons. The molecule has 0 unspecified atom stereocenters. The van der Waals surface area contributed by atoms with Crippen LogP contribution in [0.4, 0.5) is 0 Å². The number of nitrogens with zero attached hydrogens (tertiary/aromatic N) is 2. The molecule has 0 aliphatic heterocycles. The normalized spacial score (nSPS) is 11.5. The summed E-state index contributed by atoms with van der Waals surface area (Å²) in [6.45, 7) is 1.88. The predicted molar refractivity (Wildman–Crippen MR) is 82.5 cm³/mol. The zero-order chi connectivity index (χ0) is 15.2. The van der Waals surface area contributed by atoms with Gasteiger partial charge in [0, 0.05) is 18.5 Å². The van der Waals surface area contributed by atoms with Crippen molar-refractivity contribution in [1.29, 1.82) is 5.26 Å². The standard InChI is InChI=1S/C17H15ClN2O/c1-13(21)20(12-14-5-3-2-4-6-14)17(11-19)15-7-9-16(18)10-8-15/h2-10,17H,12H2,1H3/t17-/m1/s1. The predicted octanol–water partition coefficient (Wildman–Crippen LogP) is 3.95. The van der Waals surface area contributed by atoms with Gasteiger partial charge in [0.2, 0.25) is 5.91 Å². The van der Waals surface area contributed by atoms with Crippen LogP contribution >= 0.6 is 11.6 Å². The first kappa shape index (κ1) is 15.1. The number of rotatable bonds is 4. The van der Waals surface area contributed by atoms with Crippen LogP contribution in [0.2, 0.25) is 5.02 Å². The van der Waals surface area contributed by atoms with Gasteiger partial charge in [-0.1, -0.05) is 54.1 Å². The molecular weight excluding hydrogens is 284 g/mol.